The lowest BCUT2D eigenvalue weighted by Gasteiger charge is -2.13. The zero-order valence-corrected chi connectivity index (χ0v) is 20.4. The van der Waals surface area contributed by atoms with E-state index in [1.807, 2.05) is 73.8 Å². The van der Waals surface area contributed by atoms with Crippen LogP contribution in [0.15, 0.2) is 40.8 Å². The van der Waals surface area contributed by atoms with Gasteiger partial charge < -0.3 is 9.84 Å². The van der Waals surface area contributed by atoms with E-state index in [9.17, 15) is 31.5 Å². The van der Waals surface area contributed by atoms with Crippen molar-refractivity contribution in [3.63, 3.8) is 0 Å². The number of benzene rings is 2. The maximum absolute atomic E-state index is 12.4. The van der Waals surface area contributed by atoms with Gasteiger partial charge in [-0.1, -0.05) is 12.1 Å². The van der Waals surface area contributed by atoms with Crippen molar-refractivity contribution in [1.82, 2.24) is 0 Å². The van der Waals surface area contributed by atoms with E-state index < -0.39 is 33.0 Å². The molecular weight excluding hydrogens is 744 g/mol. The molecule has 2 aromatic carbocycles. The van der Waals surface area contributed by atoms with Gasteiger partial charge in [0.1, 0.15) is 5.75 Å². The van der Waals surface area contributed by atoms with Gasteiger partial charge >= 0.3 is 21.5 Å². The molecule has 13 heteroatoms. The van der Waals surface area contributed by atoms with Crippen molar-refractivity contribution in [3.8, 4) is 5.75 Å². The molecule has 0 heterocycles. The molecule has 0 saturated heterocycles. The van der Waals surface area contributed by atoms with Crippen LogP contribution >= 0.6 is 67.8 Å². The average molecular weight is 750 g/mol. The first-order chi connectivity index (χ1) is 12.8. The van der Waals surface area contributed by atoms with Crippen molar-refractivity contribution >= 4 is 89.7 Å². The van der Waals surface area contributed by atoms with Crippen molar-refractivity contribution in [2.75, 3.05) is 0 Å². The second kappa shape index (κ2) is 8.99. The van der Waals surface area contributed by atoms with E-state index in [1.54, 1.807) is 6.07 Å². The second-order valence-corrected chi connectivity index (χ2v) is 10.1. The van der Waals surface area contributed by atoms with Crippen LogP contribution in [0.2, 0.25) is 0 Å². The lowest BCUT2D eigenvalue weighted by Crippen LogP contribution is -2.27. The highest BCUT2D eigenvalue weighted by Crippen LogP contribution is 2.26. The lowest BCUT2D eigenvalue weighted by atomic mass is 10.2. The van der Waals surface area contributed by atoms with Gasteiger partial charge in [0.2, 0.25) is 0 Å². The Morgan fingerprint density at radius 2 is 1.75 bits per heavy atom. The molecule has 0 fully saturated rings. The zero-order chi connectivity index (χ0) is 21.3. The Bertz CT molecular complexity index is 1070. The quantitative estimate of drug-likeness (QED) is 0.119. The molecule has 0 atom stereocenters. The van der Waals surface area contributed by atoms with Crippen LogP contribution in [0.4, 0.5) is 13.2 Å². The van der Waals surface area contributed by atoms with E-state index in [0.29, 0.717) is 3.57 Å². The number of ether oxygens (including phenoxy) is 1. The van der Waals surface area contributed by atoms with Crippen molar-refractivity contribution < 1.29 is 36.2 Å². The number of alkyl halides is 3. The summed E-state index contributed by atoms with van der Waals surface area (Å²) < 4.78 is 68.6. The molecule has 0 N–H and O–H groups in total. The molecule has 150 valence electrons. The van der Waals surface area contributed by atoms with Crippen LogP contribution in [0.1, 0.15) is 15.9 Å². The number of hydrogen-bond acceptors (Lipinski definition) is 5. The largest absolute Gasteiger partial charge is 0.858 e. The van der Waals surface area contributed by atoms with Crippen molar-refractivity contribution in [2.45, 2.75) is 5.51 Å². The Labute approximate surface area is 198 Å². The standard InChI is InChI=1S/C15H7F3I3NO5S/c16-15(17,18)28(25,26)22-13(23)7-2-1-3-9(4-7)27-14(24)10-5-8(19)6-11(20)12(10)21/h1-6H,(H,22,23)/p-1. The fourth-order valence-corrected chi connectivity index (χ4v) is 4.58. The Kier molecular flexibility index (Phi) is 7.57. The van der Waals surface area contributed by atoms with Crippen LogP contribution in [0.5, 0.6) is 5.75 Å². The van der Waals surface area contributed by atoms with E-state index in [1.165, 1.54) is 12.1 Å². The highest BCUT2D eigenvalue weighted by atomic mass is 127. The summed E-state index contributed by atoms with van der Waals surface area (Å²) in [6.07, 6.45) is 0. The Morgan fingerprint density at radius 3 is 2.36 bits per heavy atom. The molecular formula is C15H6F3I3NO5S-. The third kappa shape index (κ3) is 5.68. The van der Waals surface area contributed by atoms with Crippen LogP contribution in [-0.4, -0.2) is 25.8 Å². The molecule has 0 aliphatic heterocycles. The third-order valence-electron chi connectivity index (χ3n) is 3.00. The van der Waals surface area contributed by atoms with Gasteiger partial charge in [0.05, 0.1) is 5.56 Å². The molecule has 0 saturated carbocycles. The Hall–Kier alpha value is -0.690. The molecule has 0 aromatic heterocycles. The summed E-state index contributed by atoms with van der Waals surface area (Å²) in [6.45, 7) is 0. The minimum Gasteiger partial charge on any atom is -0.858 e. The number of carbonyl (C=O) groups excluding carboxylic acids is 1. The SMILES string of the molecule is O=C(Oc1cccc(/C([O-])=N/S(=O)(=O)C(F)(F)F)c1)c1cc(I)cc(I)c1I. The predicted octanol–water partition coefficient (Wildman–Crippen LogP) is 3.68. The lowest BCUT2D eigenvalue weighted by molar-refractivity contribution is -0.212. The van der Waals surface area contributed by atoms with Gasteiger partial charge in [0.15, 0.2) is 0 Å². The highest BCUT2D eigenvalue weighted by molar-refractivity contribution is 14.1. The van der Waals surface area contributed by atoms with Gasteiger partial charge in [0.25, 0.3) is 0 Å². The number of nitrogens with zero attached hydrogens (tertiary/aromatic N) is 1. The van der Waals surface area contributed by atoms with Gasteiger partial charge in [-0.3, -0.25) is 0 Å². The number of rotatable bonds is 4. The van der Waals surface area contributed by atoms with Crippen LogP contribution in [0.25, 0.3) is 0 Å². The molecule has 0 aliphatic carbocycles. The molecule has 2 rings (SSSR count). The van der Waals surface area contributed by atoms with Gasteiger partial charge in [-0.15, -0.1) is 0 Å². The number of hydrogen-bond donors (Lipinski definition) is 0. The fourth-order valence-electron chi connectivity index (χ4n) is 1.77. The summed E-state index contributed by atoms with van der Waals surface area (Å²) in [5, 5.41) is 11.8. The number of sulfonamides is 1. The molecule has 28 heavy (non-hydrogen) atoms. The first kappa shape index (κ1) is 23.6. The van der Waals surface area contributed by atoms with Gasteiger partial charge in [-0.2, -0.15) is 26.0 Å². The van der Waals surface area contributed by atoms with E-state index in [2.05, 4.69) is 4.40 Å². The number of halogens is 6. The molecule has 0 unspecified atom stereocenters. The van der Waals surface area contributed by atoms with Gasteiger partial charge in [-0.05, 0) is 97.6 Å². The van der Waals surface area contributed by atoms with Crippen molar-refractivity contribution in [3.05, 3.63) is 58.2 Å². The van der Waals surface area contributed by atoms with Crippen LogP contribution in [0.3, 0.4) is 0 Å². The highest BCUT2D eigenvalue weighted by Gasteiger charge is 2.45. The van der Waals surface area contributed by atoms with E-state index in [-0.39, 0.29) is 11.3 Å². The maximum Gasteiger partial charge on any atom is 0.518 e. The van der Waals surface area contributed by atoms with E-state index in [4.69, 9.17) is 4.74 Å². The smallest absolute Gasteiger partial charge is 0.518 e. The Balaban J connectivity index is 2.33. The molecule has 0 bridgehead atoms. The first-order valence-corrected chi connectivity index (χ1v) is 11.5. The number of esters is 1. The number of carbonyl (C=O) groups is 1. The molecule has 0 radical (unpaired) electrons. The maximum atomic E-state index is 12.4. The second-order valence-electron chi connectivity index (χ2n) is 4.98. The summed E-state index contributed by atoms with van der Waals surface area (Å²) in [5.74, 6) is -2.53. The fraction of sp³-hybridized carbons (Fsp3) is 0.0667. The first-order valence-electron chi connectivity index (χ1n) is 6.87. The van der Waals surface area contributed by atoms with E-state index >= 15 is 0 Å². The van der Waals surface area contributed by atoms with Gasteiger partial charge in [0, 0.05) is 16.6 Å². The monoisotopic (exact) mass is 750 g/mol. The van der Waals surface area contributed by atoms with Crippen molar-refractivity contribution in [2.24, 2.45) is 4.40 Å². The topological polar surface area (TPSA) is 95.9 Å². The molecule has 0 spiro atoms. The van der Waals surface area contributed by atoms with Crippen LogP contribution in [-0.2, 0) is 10.0 Å². The summed E-state index contributed by atoms with van der Waals surface area (Å²) in [6, 6.07) is 7.93. The van der Waals surface area contributed by atoms with Crippen molar-refractivity contribution in [1.29, 1.82) is 0 Å². The zero-order valence-electron chi connectivity index (χ0n) is 13.1. The Morgan fingerprint density at radius 1 is 1.11 bits per heavy atom. The average Bonchev–Trinajstić information content (AvgIpc) is 2.56. The predicted molar refractivity (Wildman–Crippen MR) is 118 cm³/mol. The third-order valence-corrected chi connectivity index (χ3v) is 7.66. The molecule has 0 amide bonds. The normalized spacial score (nSPS) is 12.7. The van der Waals surface area contributed by atoms with Gasteiger partial charge in [-0.25, -0.2) is 4.79 Å². The molecule has 6 nitrogen and oxygen atoms in total. The molecule has 2 aromatic rings. The molecule has 0 aliphatic rings. The minimum atomic E-state index is -5.97. The van der Waals surface area contributed by atoms with Crippen LogP contribution in [0, 0.1) is 10.7 Å². The van der Waals surface area contributed by atoms with Crippen LogP contribution < -0.4 is 9.84 Å². The summed E-state index contributed by atoms with van der Waals surface area (Å²) in [4.78, 5) is 12.4. The van der Waals surface area contributed by atoms with E-state index in [0.717, 1.165) is 19.3 Å². The summed E-state index contributed by atoms with van der Waals surface area (Å²) >= 11 is 6.03. The summed E-state index contributed by atoms with van der Waals surface area (Å²) in [5.41, 5.74) is -5.91. The minimum absolute atomic E-state index is 0.153. The summed E-state index contributed by atoms with van der Waals surface area (Å²) in [7, 11) is -5.97.